The van der Waals surface area contributed by atoms with E-state index in [1.165, 1.54) is 4.90 Å². The second-order valence-electron chi connectivity index (χ2n) is 10.3. The highest BCUT2D eigenvalue weighted by molar-refractivity contribution is 5.98. The lowest BCUT2D eigenvalue weighted by Gasteiger charge is -2.53. The van der Waals surface area contributed by atoms with Crippen LogP contribution >= 0.6 is 0 Å². The number of piperidine rings is 1. The Morgan fingerprint density at radius 2 is 1.91 bits per heavy atom. The van der Waals surface area contributed by atoms with Crippen LogP contribution in [-0.2, 0) is 14.3 Å². The summed E-state index contributed by atoms with van der Waals surface area (Å²) in [4.78, 5) is 28.0. The molecule has 2 fully saturated rings. The van der Waals surface area contributed by atoms with Crippen LogP contribution in [0.1, 0.15) is 38.4 Å². The number of likely N-dealkylation sites (tertiary alicyclic amines) is 1. The van der Waals surface area contributed by atoms with E-state index in [9.17, 15) is 19.8 Å². The largest absolute Gasteiger partial charge is 0.504 e. The number of aromatic hydroxyl groups is 1. The van der Waals surface area contributed by atoms with Gasteiger partial charge < -0.3 is 24.6 Å². The summed E-state index contributed by atoms with van der Waals surface area (Å²) in [6, 6.07) is 14.4. The van der Waals surface area contributed by atoms with Crippen LogP contribution in [0.4, 0.5) is 5.69 Å². The minimum atomic E-state index is -1.04. The van der Waals surface area contributed by atoms with E-state index >= 15 is 0 Å². The highest BCUT2D eigenvalue weighted by Gasteiger charge is 2.51. The van der Waals surface area contributed by atoms with Crippen molar-refractivity contribution in [2.75, 3.05) is 31.1 Å². The molecule has 2 aromatic rings. The van der Waals surface area contributed by atoms with E-state index < -0.39 is 11.6 Å². The van der Waals surface area contributed by atoms with Crippen molar-refractivity contribution in [2.45, 2.75) is 44.5 Å². The number of carbonyl (C=O) groups is 2. The van der Waals surface area contributed by atoms with Crippen LogP contribution in [0.5, 0.6) is 11.5 Å². The smallest absolute Gasteiger partial charge is 0.323 e. The molecule has 0 saturated carbocycles. The van der Waals surface area contributed by atoms with Crippen molar-refractivity contribution in [1.29, 1.82) is 0 Å². The number of anilines is 1. The molecule has 0 spiro atoms. The topological polar surface area (TPSA) is 99.5 Å². The molecule has 8 nitrogen and oxygen atoms in total. The molecule has 4 atom stereocenters. The van der Waals surface area contributed by atoms with E-state index in [2.05, 4.69) is 4.90 Å². The zero-order valence-electron chi connectivity index (χ0n) is 20.1. The summed E-state index contributed by atoms with van der Waals surface area (Å²) < 4.78 is 12.9. The van der Waals surface area contributed by atoms with Gasteiger partial charge in [0.1, 0.15) is 12.1 Å². The Morgan fingerprint density at radius 1 is 1.14 bits per heavy atom. The van der Waals surface area contributed by atoms with Crippen molar-refractivity contribution in [2.24, 2.45) is 11.8 Å². The number of aliphatic carboxylic acids is 1. The maximum absolute atomic E-state index is 13.2. The lowest BCUT2D eigenvalue weighted by molar-refractivity contribution is -0.187. The highest BCUT2D eigenvalue weighted by Crippen LogP contribution is 2.54. The first kappa shape index (κ1) is 23.6. The number of hydrogen-bond donors (Lipinski definition) is 2. The predicted molar refractivity (Wildman–Crippen MR) is 130 cm³/mol. The van der Waals surface area contributed by atoms with Gasteiger partial charge >= 0.3 is 5.97 Å². The number of fused-ring (bicyclic) bond motifs is 4. The Balaban J connectivity index is 1.30. The van der Waals surface area contributed by atoms with Gasteiger partial charge in [0.25, 0.3) is 0 Å². The second kappa shape index (κ2) is 9.17. The number of phenolic OH excluding ortho intramolecular Hbond substituents is 1. The van der Waals surface area contributed by atoms with Crippen molar-refractivity contribution >= 4 is 17.6 Å². The summed E-state index contributed by atoms with van der Waals surface area (Å²) in [5.41, 5.74) is 0.977. The van der Waals surface area contributed by atoms with Gasteiger partial charge in [0.15, 0.2) is 11.5 Å². The number of carboxylic acid groups (broad SMARTS) is 1. The first-order valence-electron chi connectivity index (χ1n) is 12.2. The Kier molecular flexibility index (Phi) is 6.19. The van der Waals surface area contributed by atoms with Crippen molar-refractivity contribution in [3.63, 3.8) is 0 Å². The van der Waals surface area contributed by atoms with E-state index in [1.807, 2.05) is 32.0 Å². The van der Waals surface area contributed by atoms with Crippen molar-refractivity contribution < 1.29 is 29.3 Å². The Morgan fingerprint density at radius 3 is 2.66 bits per heavy atom. The average Bonchev–Trinajstić information content (AvgIpc) is 2.83. The van der Waals surface area contributed by atoms with Gasteiger partial charge in [0.05, 0.1) is 18.8 Å². The van der Waals surface area contributed by atoms with E-state index in [-0.39, 0.29) is 48.8 Å². The molecule has 2 aromatic carbocycles. The number of ether oxygens (including phenoxy) is 2. The molecular formula is C27H32N2O6. The summed E-state index contributed by atoms with van der Waals surface area (Å²) >= 11 is 0. The normalized spacial score (nSPS) is 27.0. The number of hydrogen-bond acceptors (Lipinski definition) is 6. The predicted octanol–water partition coefficient (Wildman–Crippen LogP) is 3.45. The number of rotatable bonds is 5. The van der Waals surface area contributed by atoms with Gasteiger partial charge in [-0.1, -0.05) is 30.3 Å². The molecule has 1 amide bonds. The van der Waals surface area contributed by atoms with Gasteiger partial charge in [-0.05, 0) is 50.8 Å². The molecule has 2 saturated heterocycles. The number of nitrogens with zero attached hydrogens (tertiary/aromatic N) is 2. The maximum Gasteiger partial charge on any atom is 0.323 e. The maximum atomic E-state index is 13.2. The SMILES string of the molecule is CC1(C)Oc2c(O)cccc2[C@H]2O[C@H]3CCN(CC(=O)N(CC(=O)O)c4ccccc4)C[C@H]3C[C@@H]21. The summed E-state index contributed by atoms with van der Waals surface area (Å²) in [7, 11) is 0. The number of phenols is 1. The fourth-order valence-corrected chi connectivity index (χ4v) is 5.87. The second-order valence-corrected chi connectivity index (χ2v) is 10.3. The monoisotopic (exact) mass is 480 g/mol. The third-order valence-electron chi connectivity index (χ3n) is 7.60. The summed E-state index contributed by atoms with van der Waals surface area (Å²) in [6.07, 6.45) is 1.61. The fraction of sp³-hybridized carbons (Fsp3) is 0.481. The van der Waals surface area contributed by atoms with Crippen molar-refractivity contribution in [3.05, 3.63) is 54.1 Å². The molecular weight excluding hydrogens is 448 g/mol. The van der Waals surface area contributed by atoms with Crippen LogP contribution in [0.2, 0.25) is 0 Å². The van der Waals surface area contributed by atoms with Crippen LogP contribution < -0.4 is 9.64 Å². The van der Waals surface area contributed by atoms with Crippen LogP contribution in [0.25, 0.3) is 0 Å². The van der Waals surface area contributed by atoms with Crippen LogP contribution in [0, 0.1) is 11.8 Å². The van der Waals surface area contributed by atoms with Gasteiger partial charge in [-0.2, -0.15) is 0 Å². The lowest BCUT2D eigenvalue weighted by Crippen LogP contribution is -2.56. The molecule has 2 N–H and O–H groups in total. The molecule has 0 aromatic heterocycles. The van der Waals surface area contributed by atoms with Gasteiger partial charge in [0.2, 0.25) is 5.91 Å². The summed E-state index contributed by atoms with van der Waals surface area (Å²) in [5.74, 6) is -0.265. The quantitative estimate of drug-likeness (QED) is 0.676. The minimum Gasteiger partial charge on any atom is -0.504 e. The zero-order valence-corrected chi connectivity index (χ0v) is 20.1. The van der Waals surface area contributed by atoms with Crippen LogP contribution in [0.15, 0.2) is 48.5 Å². The first-order chi connectivity index (χ1) is 16.7. The molecule has 35 heavy (non-hydrogen) atoms. The molecule has 0 aliphatic carbocycles. The zero-order chi connectivity index (χ0) is 24.7. The summed E-state index contributed by atoms with van der Waals surface area (Å²) in [6.45, 7) is 5.28. The van der Waals surface area contributed by atoms with Crippen molar-refractivity contribution in [3.8, 4) is 11.5 Å². The Labute approximate surface area is 205 Å². The molecule has 186 valence electrons. The molecule has 3 aliphatic heterocycles. The van der Waals surface area contributed by atoms with E-state index in [0.29, 0.717) is 24.5 Å². The Bertz CT molecular complexity index is 1100. The number of carboxylic acids is 1. The third-order valence-corrected chi connectivity index (χ3v) is 7.60. The average molecular weight is 481 g/mol. The molecule has 0 unspecified atom stereocenters. The number of para-hydroxylation sites is 2. The molecule has 5 rings (SSSR count). The van der Waals surface area contributed by atoms with Crippen molar-refractivity contribution in [1.82, 2.24) is 4.90 Å². The van der Waals surface area contributed by atoms with Crippen LogP contribution in [-0.4, -0.2) is 64.9 Å². The molecule has 0 bridgehead atoms. The van der Waals surface area contributed by atoms with Gasteiger partial charge in [-0.3, -0.25) is 14.5 Å². The summed E-state index contributed by atoms with van der Waals surface area (Å²) in [5, 5.41) is 19.7. The third kappa shape index (κ3) is 4.60. The van der Waals surface area contributed by atoms with E-state index in [1.54, 1.807) is 30.3 Å². The van der Waals surface area contributed by atoms with E-state index in [0.717, 1.165) is 18.4 Å². The van der Waals surface area contributed by atoms with Crippen LogP contribution in [0.3, 0.4) is 0 Å². The number of amides is 1. The fourth-order valence-electron chi connectivity index (χ4n) is 5.87. The number of benzene rings is 2. The standard InChI is InChI=1S/C27H32N2O6/c1-27(2)20-13-17-14-28(15-23(31)29(16-24(32)33)18-7-4-3-5-8-18)12-11-22(17)34-25(20)19-9-6-10-21(30)26(19)35-27/h3-10,17,20,22,25,30H,11-16H2,1-2H3,(H,32,33)/t17-,20+,22+,25-/m1/s1. The number of carbonyl (C=O) groups excluding carboxylic acids is 1. The first-order valence-corrected chi connectivity index (χ1v) is 12.2. The lowest BCUT2D eigenvalue weighted by atomic mass is 9.70. The molecule has 0 radical (unpaired) electrons. The molecule has 3 heterocycles. The van der Waals surface area contributed by atoms with Gasteiger partial charge in [0, 0.05) is 30.3 Å². The molecule has 3 aliphatic rings. The minimum absolute atomic E-state index is 0.0657. The van der Waals surface area contributed by atoms with Gasteiger partial charge in [-0.25, -0.2) is 0 Å². The Hall–Kier alpha value is -3.10. The van der Waals surface area contributed by atoms with E-state index in [4.69, 9.17) is 9.47 Å². The highest BCUT2D eigenvalue weighted by atomic mass is 16.5. The molecule has 8 heteroatoms. The van der Waals surface area contributed by atoms with Gasteiger partial charge in [-0.15, -0.1) is 0 Å².